The lowest BCUT2D eigenvalue weighted by Crippen LogP contribution is -2.15. The van der Waals surface area contributed by atoms with Gasteiger partial charge in [-0.05, 0) is 24.6 Å². The highest BCUT2D eigenvalue weighted by molar-refractivity contribution is 6.05. The number of allylic oxidation sites excluding steroid dienone is 4. The normalized spacial score (nSPS) is 28.0. The third kappa shape index (κ3) is 1.74. The third-order valence-corrected chi connectivity index (χ3v) is 2.12. The Kier molecular flexibility index (Phi) is 2.18. The van der Waals surface area contributed by atoms with Gasteiger partial charge in [0, 0.05) is 5.92 Å². The monoisotopic (exact) mass is 190 g/mol. The van der Waals surface area contributed by atoms with Crippen LogP contribution in [0.25, 0.3) is 0 Å². The van der Waals surface area contributed by atoms with Crippen LogP contribution in [0.15, 0.2) is 40.8 Å². The maximum Gasteiger partial charge on any atom is 0.274 e. The first-order valence-electron chi connectivity index (χ1n) is 4.38. The molecule has 2 aliphatic rings. The first-order chi connectivity index (χ1) is 6.75. The van der Waals surface area contributed by atoms with Crippen molar-refractivity contribution in [1.82, 2.24) is 5.32 Å². The number of carbonyl (C=O) groups excluding carboxylic acids is 1. The van der Waals surface area contributed by atoms with Crippen molar-refractivity contribution in [3.8, 4) is 0 Å². The van der Waals surface area contributed by atoms with Crippen molar-refractivity contribution in [2.75, 3.05) is 0 Å². The van der Waals surface area contributed by atoms with Gasteiger partial charge in [0.2, 0.25) is 0 Å². The molecule has 0 saturated carbocycles. The van der Waals surface area contributed by atoms with Gasteiger partial charge >= 0.3 is 0 Å². The lowest BCUT2D eigenvalue weighted by molar-refractivity contribution is -0.115. The molecule has 1 aliphatic heterocycles. The van der Waals surface area contributed by atoms with Gasteiger partial charge in [-0.1, -0.05) is 6.08 Å². The molecule has 1 unspecified atom stereocenters. The summed E-state index contributed by atoms with van der Waals surface area (Å²) in [6, 6.07) is 0. The molecule has 0 radical (unpaired) electrons. The van der Waals surface area contributed by atoms with E-state index in [4.69, 9.17) is 5.11 Å². The van der Waals surface area contributed by atoms with Gasteiger partial charge in [-0.25, -0.2) is 4.99 Å². The number of nitrogens with zero attached hydrogens (tertiary/aromatic N) is 1. The third-order valence-electron chi connectivity index (χ3n) is 2.12. The summed E-state index contributed by atoms with van der Waals surface area (Å²) in [5.41, 5.74) is 0.439. The van der Waals surface area contributed by atoms with Gasteiger partial charge in [-0.2, -0.15) is 0 Å². The second-order valence-electron chi connectivity index (χ2n) is 3.17. The zero-order valence-corrected chi connectivity index (χ0v) is 7.47. The molecular weight excluding hydrogens is 180 g/mol. The first kappa shape index (κ1) is 8.74. The lowest BCUT2D eigenvalue weighted by atomic mass is 9.99. The highest BCUT2D eigenvalue weighted by atomic mass is 16.3. The predicted molar refractivity (Wildman–Crippen MR) is 52.7 cm³/mol. The standard InChI is InChI=1S/C10H10N2O2/c13-8-3-1-7(2-4-8)5-9-10(14)12-6-11-9/h1,3-7,13H,2H2,(H,11,12,14)/b9-5+. The number of rotatable bonds is 1. The summed E-state index contributed by atoms with van der Waals surface area (Å²) < 4.78 is 0. The molecule has 2 N–H and O–H groups in total. The van der Waals surface area contributed by atoms with Crippen molar-refractivity contribution in [3.63, 3.8) is 0 Å². The van der Waals surface area contributed by atoms with Gasteiger partial charge in [0.05, 0.1) is 6.34 Å². The Labute approximate surface area is 81.3 Å². The van der Waals surface area contributed by atoms with Crippen molar-refractivity contribution in [2.45, 2.75) is 6.42 Å². The Balaban J connectivity index is 2.09. The van der Waals surface area contributed by atoms with E-state index in [1.807, 2.05) is 6.08 Å². The highest BCUT2D eigenvalue weighted by Crippen LogP contribution is 2.18. The number of hydrogen-bond acceptors (Lipinski definition) is 3. The Bertz CT molecular complexity index is 378. The van der Waals surface area contributed by atoms with Crippen LogP contribution in [0, 0.1) is 5.92 Å². The van der Waals surface area contributed by atoms with Gasteiger partial charge in [-0.3, -0.25) is 4.79 Å². The van der Waals surface area contributed by atoms with Gasteiger partial charge in [0.25, 0.3) is 5.91 Å². The molecule has 4 nitrogen and oxygen atoms in total. The first-order valence-corrected chi connectivity index (χ1v) is 4.38. The van der Waals surface area contributed by atoms with Crippen LogP contribution in [0.3, 0.4) is 0 Å². The maximum absolute atomic E-state index is 11.1. The van der Waals surface area contributed by atoms with Crippen LogP contribution in [0.2, 0.25) is 0 Å². The minimum atomic E-state index is -0.169. The Morgan fingerprint density at radius 3 is 3.07 bits per heavy atom. The summed E-state index contributed by atoms with van der Waals surface area (Å²) in [5, 5.41) is 11.6. The topological polar surface area (TPSA) is 61.7 Å². The van der Waals surface area contributed by atoms with Crippen LogP contribution in [0.4, 0.5) is 0 Å². The molecule has 72 valence electrons. The fourth-order valence-electron chi connectivity index (χ4n) is 1.36. The predicted octanol–water partition coefficient (Wildman–Crippen LogP) is 1.05. The number of aliphatic hydroxyl groups is 1. The van der Waals surface area contributed by atoms with Crippen molar-refractivity contribution in [3.05, 3.63) is 35.8 Å². The number of carbonyl (C=O) groups is 1. The molecule has 0 fully saturated rings. The highest BCUT2D eigenvalue weighted by Gasteiger charge is 2.14. The quantitative estimate of drug-likeness (QED) is 0.607. The SMILES string of the molecule is O=C1NC=N/C1=C/C1C=CC(O)=CC1. The molecule has 1 heterocycles. The van der Waals surface area contributed by atoms with Crippen LogP contribution in [0.5, 0.6) is 0 Å². The van der Waals surface area contributed by atoms with E-state index >= 15 is 0 Å². The minimum absolute atomic E-state index is 0.141. The van der Waals surface area contributed by atoms with E-state index in [0.29, 0.717) is 12.1 Å². The summed E-state index contributed by atoms with van der Waals surface area (Å²) in [6.45, 7) is 0. The summed E-state index contributed by atoms with van der Waals surface area (Å²) >= 11 is 0. The summed E-state index contributed by atoms with van der Waals surface area (Å²) in [5.74, 6) is 0.248. The summed E-state index contributed by atoms with van der Waals surface area (Å²) in [4.78, 5) is 15.0. The van der Waals surface area contributed by atoms with Crippen LogP contribution in [-0.4, -0.2) is 17.4 Å². The van der Waals surface area contributed by atoms with E-state index in [1.165, 1.54) is 6.34 Å². The number of nitrogens with one attached hydrogen (secondary N) is 1. The molecule has 1 aliphatic carbocycles. The molecule has 1 amide bonds. The van der Waals surface area contributed by atoms with Crippen molar-refractivity contribution < 1.29 is 9.90 Å². The summed E-state index contributed by atoms with van der Waals surface area (Å²) in [6.07, 6.45) is 9.07. The average Bonchev–Trinajstić information content (AvgIpc) is 2.56. The lowest BCUT2D eigenvalue weighted by Gasteiger charge is -2.09. The molecule has 1 atom stereocenters. The van der Waals surface area contributed by atoms with Crippen LogP contribution in [-0.2, 0) is 4.79 Å². The Hall–Kier alpha value is -1.84. The molecular formula is C10H10N2O2. The maximum atomic E-state index is 11.1. The van der Waals surface area contributed by atoms with E-state index in [9.17, 15) is 4.79 Å². The molecule has 0 aromatic heterocycles. The fourth-order valence-corrected chi connectivity index (χ4v) is 1.36. The van der Waals surface area contributed by atoms with E-state index in [2.05, 4.69) is 10.3 Å². The van der Waals surface area contributed by atoms with Crippen LogP contribution < -0.4 is 5.32 Å². The summed E-state index contributed by atoms with van der Waals surface area (Å²) in [7, 11) is 0. The molecule has 14 heavy (non-hydrogen) atoms. The number of aliphatic imine (C=N–C) groups is 1. The van der Waals surface area contributed by atoms with Crippen LogP contribution >= 0.6 is 0 Å². The smallest absolute Gasteiger partial charge is 0.274 e. The van der Waals surface area contributed by atoms with Gasteiger partial charge < -0.3 is 10.4 Å². The van der Waals surface area contributed by atoms with E-state index in [1.54, 1.807) is 18.2 Å². The number of aliphatic hydroxyl groups excluding tert-OH is 1. The molecule has 0 aromatic carbocycles. The second kappa shape index (κ2) is 3.49. The number of amides is 1. The second-order valence-corrected chi connectivity index (χ2v) is 3.17. The largest absolute Gasteiger partial charge is 0.508 e. The van der Waals surface area contributed by atoms with E-state index in [-0.39, 0.29) is 17.6 Å². The molecule has 4 heteroatoms. The van der Waals surface area contributed by atoms with Crippen LogP contribution in [0.1, 0.15) is 6.42 Å². The fraction of sp³-hybridized carbons (Fsp3) is 0.200. The van der Waals surface area contributed by atoms with Gasteiger partial charge in [0.1, 0.15) is 11.5 Å². The minimum Gasteiger partial charge on any atom is -0.508 e. The zero-order chi connectivity index (χ0) is 9.97. The average molecular weight is 190 g/mol. The van der Waals surface area contributed by atoms with Crippen molar-refractivity contribution in [2.24, 2.45) is 10.9 Å². The zero-order valence-electron chi connectivity index (χ0n) is 7.47. The molecule has 0 spiro atoms. The number of hydrogen-bond donors (Lipinski definition) is 2. The van der Waals surface area contributed by atoms with E-state index in [0.717, 1.165) is 0 Å². The van der Waals surface area contributed by atoms with Crippen molar-refractivity contribution >= 4 is 12.2 Å². The Morgan fingerprint density at radius 1 is 1.64 bits per heavy atom. The molecule has 0 saturated heterocycles. The Morgan fingerprint density at radius 2 is 2.50 bits per heavy atom. The van der Waals surface area contributed by atoms with Gasteiger partial charge in [0.15, 0.2) is 0 Å². The molecule has 2 rings (SSSR count). The van der Waals surface area contributed by atoms with Crippen molar-refractivity contribution in [1.29, 1.82) is 0 Å². The molecule has 0 bridgehead atoms. The molecule has 0 aromatic rings. The van der Waals surface area contributed by atoms with Gasteiger partial charge in [-0.15, -0.1) is 0 Å². The van der Waals surface area contributed by atoms with E-state index < -0.39 is 0 Å².